The van der Waals surface area contributed by atoms with Crippen molar-refractivity contribution in [3.63, 3.8) is 0 Å². The number of ether oxygens (including phenoxy) is 1. The first-order valence-corrected chi connectivity index (χ1v) is 10.4. The lowest BCUT2D eigenvalue weighted by atomic mass is 10.1. The maximum atomic E-state index is 12.6. The number of rotatable bonds is 6. The number of benzene rings is 2. The molecule has 0 saturated carbocycles. The van der Waals surface area contributed by atoms with Gasteiger partial charge in [0, 0.05) is 0 Å². The van der Waals surface area contributed by atoms with Crippen LogP contribution < -0.4 is 9.46 Å². The number of nitrogens with one attached hydrogen (secondary N) is 1. The number of aliphatic carboxylic acids is 1. The zero-order chi connectivity index (χ0) is 18.9. The first kappa shape index (κ1) is 18.8. The summed E-state index contributed by atoms with van der Waals surface area (Å²) in [5, 5.41) is 9.28. The Bertz CT molecular complexity index is 940. The Labute approximate surface area is 156 Å². The number of carboxylic acids is 1. The predicted molar refractivity (Wildman–Crippen MR) is 98.3 cm³/mol. The van der Waals surface area contributed by atoms with E-state index in [9.17, 15) is 18.3 Å². The van der Waals surface area contributed by atoms with Crippen molar-refractivity contribution in [3.05, 3.63) is 42.5 Å². The van der Waals surface area contributed by atoms with Gasteiger partial charge in [0.25, 0.3) is 0 Å². The standard InChI is InChI=1S/C18H19NO5S2/c1-11(2)9-13(18(20)21)19-26(22,23)12-7-8-15-17(10-12)25-16-6-4-3-5-14(16)24-15/h3-8,10-11,13,19H,9H2,1-2H3,(H,20,21). The van der Waals surface area contributed by atoms with Crippen LogP contribution in [-0.4, -0.2) is 25.5 Å². The SMILES string of the molecule is CC(C)CC(NS(=O)(=O)c1ccc2c(c1)Sc1ccccc1O2)C(=O)O. The van der Waals surface area contributed by atoms with Gasteiger partial charge in [-0.1, -0.05) is 37.7 Å². The number of hydrogen-bond donors (Lipinski definition) is 2. The summed E-state index contributed by atoms with van der Waals surface area (Å²) in [6.07, 6.45) is 0.213. The predicted octanol–water partition coefficient (Wildman–Crippen LogP) is 3.72. The van der Waals surface area contributed by atoms with Crippen molar-refractivity contribution in [2.24, 2.45) is 5.92 Å². The highest BCUT2D eigenvalue weighted by Gasteiger charge is 2.27. The Morgan fingerprint density at radius 3 is 2.54 bits per heavy atom. The summed E-state index contributed by atoms with van der Waals surface area (Å²) >= 11 is 1.42. The molecule has 3 rings (SSSR count). The Morgan fingerprint density at radius 1 is 1.15 bits per heavy atom. The third kappa shape index (κ3) is 4.03. The molecule has 1 atom stereocenters. The number of hydrogen-bond acceptors (Lipinski definition) is 5. The molecular formula is C18H19NO5S2. The van der Waals surface area contributed by atoms with Crippen LogP contribution in [0, 0.1) is 5.92 Å². The first-order chi connectivity index (χ1) is 12.3. The molecule has 1 unspecified atom stereocenters. The van der Waals surface area contributed by atoms with Crippen LogP contribution in [0.2, 0.25) is 0 Å². The average Bonchev–Trinajstić information content (AvgIpc) is 2.58. The number of para-hydroxylation sites is 1. The van der Waals surface area contributed by atoms with Gasteiger partial charge in [-0.15, -0.1) is 0 Å². The molecule has 0 aliphatic carbocycles. The summed E-state index contributed by atoms with van der Waals surface area (Å²) in [4.78, 5) is 12.9. The zero-order valence-corrected chi connectivity index (χ0v) is 15.9. The lowest BCUT2D eigenvalue weighted by molar-refractivity contribution is -0.139. The van der Waals surface area contributed by atoms with Crippen molar-refractivity contribution < 1.29 is 23.1 Å². The molecule has 0 bridgehead atoms. The minimum atomic E-state index is -3.96. The second kappa shape index (κ2) is 7.30. The van der Waals surface area contributed by atoms with Crippen LogP contribution in [0.4, 0.5) is 0 Å². The minimum absolute atomic E-state index is 0.0155. The molecule has 2 N–H and O–H groups in total. The van der Waals surface area contributed by atoms with Gasteiger partial charge in [0.15, 0.2) is 0 Å². The van der Waals surface area contributed by atoms with Gasteiger partial charge in [-0.2, -0.15) is 4.72 Å². The van der Waals surface area contributed by atoms with Gasteiger partial charge >= 0.3 is 5.97 Å². The first-order valence-electron chi connectivity index (χ1n) is 8.10. The molecule has 1 aliphatic heterocycles. The van der Waals surface area contributed by atoms with Crippen LogP contribution in [0.3, 0.4) is 0 Å². The number of fused-ring (bicyclic) bond motifs is 2. The van der Waals surface area contributed by atoms with Gasteiger partial charge in [0.05, 0.1) is 14.7 Å². The molecule has 0 amide bonds. The van der Waals surface area contributed by atoms with E-state index in [2.05, 4.69) is 4.72 Å². The van der Waals surface area contributed by atoms with Gasteiger partial charge < -0.3 is 9.84 Å². The number of carboxylic acid groups (broad SMARTS) is 1. The van der Waals surface area contributed by atoms with Gasteiger partial charge in [-0.05, 0) is 42.7 Å². The molecule has 26 heavy (non-hydrogen) atoms. The van der Waals surface area contributed by atoms with E-state index in [0.717, 1.165) is 10.6 Å². The van der Waals surface area contributed by atoms with E-state index in [1.165, 1.54) is 23.9 Å². The molecule has 0 saturated heterocycles. The van der Waals surface area contributed by atoms with Gasteiger partial charge in [-0.3, -0.25) is 4.79 Å². The van der Waals surface area contributed by atoms with Gasteiger partial charge in [0.1, 0.15) is 17.5 Å². The van der Waals surface area contributed by atoms with E-state index in [-0.39, 0.29) is 17.2 Å². The van der Waals surface area contributed by atoms with Crippen LogP contribution in [0.5, 0.6) is 11.5 Å². The largest absolute Gasteiger partial charge is 0.480 e. The quantitative estimate of drug-likeness (QED) is 0.663. The van der Waals surface area contributed by atoms with Crippen molar-refractivity contribution in [2.75, 3.05) is 0 Å². The zero-order valence-electron chi connectivity index (χ0n) is 14.3. The van der Waals surface area contributed by atoms with Crippen LogP contribution in [0.1, 0.15) is 20.3 Å². The molecule has 138 valence electrons. The molecule has 0 radical (unpaired) electrons. The Kier molecular flexibility index (Phi) is 5.27. The Hall–Kier alpha value is -2.03. The third-order valence-electron chi connectivity index (χ3n) is 3.82. The molecule has 2 aromatic rings. The van der Waals surface area contributed by atoms with Crippen molar-refractivity contribution >= 4 is 27.8 Å². The molecular weight excluding hydrogens is 374 g/mol. The average molecular weight is 393 g/mol. The van der Waals surface area contributed by atoms with E-state index < -0.39 is 22.0 Å². The molecule has 0 aromatic heterocycles. The normalized spacial score (nSPS) is 14.3. The summed E-state index contributed by atoms with van der Waals surface area (Å²) in [5.41, 5.74) is 0. The second-order valence-corrected chi connectivity index (χ2v) is 9.20. The third-order valence-corrected chi connectivity index (χ3v) is 6.38. The summed E-state index contributed by atoms with van der Waals surface area (Å²) in [6.45, 7) is 3.68. The number of carbonyl (C=O) groups is 1. The summed E-state index contributed by atoms with van der Waals surface area (Å²) < 4.78 is 33.3. The minimum Gasteiger partial charge on any atom is -0.480 e. The van der Waals surface area contributed by atoms with E-state index in [4.69, 9.17) is 4.74 Å². The molecule has 1 heterocycles. The Balaban J connectivity index is 1.87. The summed E-state index contributed by atoms with van der Waals surface area (Å²) in [5.74, 6) is 0.154. The van der Waals surface area contributed by atoms with Crippen LogP contribution in [-0.2, 0) is 14.8 Å². The highest BCUT2D eigenvalue weighted by Crippen LogP contribution is 2.47. The molecule has 1 aliphatic rings. The van der Waals surface area contributed by atoms with E-state index in [1.807, 2.05) is 38.1 Å². The van der Waals surface area contributed by atoms with E-state index in [0.29, 0.717) is 10.6 Å². The monoisotopic (exact) mass is 393 g/mol. The fourth-order valence-corrected chi connectivity index (χ4v) is 4.89. The van der Waals surface area contributed by atoms with E-state index in [1.54, 1.807) is 6.07 Å². The van der Waals surface area contributed by atoms with E-state index >= 15 is 0 Å². The Morgan fingerprint density at radius 2 is 1.85 bits per heavy atom. The van der Waals surface area contributed by atoms with Gasteiger partial charge in [0.2, 0.25) is 10.0 Å². The fourth-order valence-electron chi connectivity index (χ4n) is 2.60. The fraction of sp³-hybridized carbons (Fsp3) is 0.278. The smallest absolute Gasteiger partial charge is 0.321 e. The lowest BCUT2D eigenvalue weighted by Gasteiger charge is -2.21. The van der Waals surface area contributed by atoms with Gasteiger partial charge in [-0.25, -0.2) is 8.42 Å². The van der Waals surface area contributed by atoms with Crippen LogP contribution in [0.25, 0.3) is 0 Å². The van der Waals surface area contributed by atoms with Crippen molar-refractivity contribution in [2.45, 2.75) is 41.0 Å². The molecule has 0 spiro atoms. The van der Waals surface area contributed by atoms with Crippen LogP contribution in [0.15, 0.2) is 57.2 Å². The van der Waals surface area contributed by atoms with Crippen molar-refractivity contribution in [1.82, 2.24) is 4.72 Å². The maximum absolute atomic E-state index is 12.6. The second-order valence-electron chi connectivity index (χ2n) is 6.40. The summed E-state index contributed by atoms with van der Waals surface area (Å²) in [7, 11) is -3.96. The molecule has 2 aromatic carbocycles. The van der Waals surface area contributed by atoms with Crippen molar-refractivity contribution in [3.8, 4) is 11.5 Å². The topological polar surface area (TPSA) is 92.7 Å². The summed E-state index contributed by atoms with van der Waals surface area (Å²) in [6, 6.07) is 10.8. The number of sulfonamides is 1. The molecule has 6 nitrogen and oxygen atoms in total. The highest BCUT2D eigenvalue weighted by molar-refractivity contribution is 7.99. The van der Waals surface area contributed by atoms with Crippen molar-refractivity contribution in [1.29, 1.82) is 0 Å². The lowest BCUT2D eigenvalue weighted by Crippen LogP contribution is -2.41. The maximum Gasteiger partial charge on any atom is 0.321 e. The van der Waals surface area contributed by atoms with Crippen LogP contribution >= 0.6 is 11.8 Å². The highest BCUT2D eigenvalue weighted by atomic mass is 32.2. The molecule has 0 fully saturated rings. The molecule has 8 heteroatoms.